The number of phenols is 1. The van der Waals surface area contributed by atoms with Gasteiger partial charge in [0.25, 0.3) is 5.91 Å². The third kappa shape index (κ3) is 2.83. The summed E-state index contributed by atoms with van der Waals surface area (Å²) in [5, 5.41) is 20.6. The molecule has 2 atom stereocenters. The van der Waals surface area contributed by atoms with Crippen LogP contribution in [-0.4, -0.2) is 28.1 Å². The minimum Gasteiger partial charge on any atom is -0.508 e. The molecule has 5 nitrogen and oxygen atoms in total. The zero-order valence-electron chi connectivity index (χ0n) is 10.1. The van der Waals surface area contributed by atoms with Gasteiger partial charge in [0.05, 0.1) is 11.5 Å². The van der Waals surface area contributed by atoms with E-state index in [1.54, 1.807) is 0 Å². The van der Waals surface area contributed by atoms with Crippen molar-refractivity contribution in [2.45, 2.75) is 25.3 Å². The summed E-state index contributed by atoms with van der Waals surface area (Å²) < 4.78 is 13.5. The van der Waals surface area contributed by atoms with Gasteiger partial charge in [-0.05, 0) is 25.0 Å². The highest BCUT2D eigenvalue weighted by molar-refractivity contribution is 5.95. The van der Waals surface area contributed by atoms with Gasteiger partial charge in [-0.3, -0.25) is 9.59 Å². The number of carboxylic acids is 1. The summed E-state index contributed by atoms with van der Waals surface area (Å²) in [7, 11) is 0. The number of hydrogen-bond acceptors (Lipinski definition) is 3. The summed E-state index contributed by atoms with van der Waals surface area (Å²) in [4.78, 5) is 22.9. The van der Waals surface area contributed by atoms with Gasteiger partial charge in [0.2, 0.25) is 0 Å². The number of benzene rings is 1. The maximum Gasteiger partial charge on any atom is 0.308 e. The van der Waals surface area contributed by atoms with Gasteiger partial charge in [-0.1, -0.05) is 6.42 Å². The first kappa shape index (κ1) is 13.3. The summed E-state index contributed by atoms with van der Waals surface area (Å²) in [6.07, 6.45) is 1.81. The number of carbonyl (C=O) groups excluding carboxylic acids is 1. The zero-order valence-corrected chi connectivity index (χ0v) is 10.1. The Morgan fingerprint density at radius 3 is 2.68 bits per heavy atom. The van der Waals surface area contributed by atoms with Gasteiger partial charge in [-0.2, -0.15) is 0 Å². The van der Waals surface area contributed by atoms with Crippen molar-refractivity contribution < 1.29 is 24.2 Å². The van der Waals surface area contributed by atoms with Crippen LogP contribution in [0.25, 0.3) is 0 Å². The molecule has 0 radical (unpaired) electrons. The normalized spacial score (nSPS) is 22.2. The number of rotatable bonds is 3. The highest BCUT2D eigenvalue weighted by Crippen LogP contribution is 2.26. The number of carbonyl (C=O) groups is 2. The van der Waals surface area contributed by atoms with Crippen LogP contribution in [0.2, 0.25) is 0 Å². The molecular formula is C13H14FNO4. The fourth-order valence-electron chi connectivity index (χ4n) is 2.36. The Morgan fingerprint density at radius 2 is 2.05 bits per heavy atom. The molecule has 1 saturated carbocycles. The van der Waals surface area contributed by atoms with Gasteiger partial charge in [-0.25, -0.2) is 4.39 Å². The second kappa shape index (κ2) is 5.26. The van der Waals surface area contributed by atoms with Crippen molar-refractivity contribution in [1.82, 2.24) is 5.32 Å². The van der Waals surface area contributed by atoms with Crippen LogP contribution < -0.4 is 5.32 Å². The summed E-state index contributed by atoms with van der Waals surface area (Å²) in [5.41, 5.74) is -0.200. The monoisotopic (exact) mass is 267 g/mol. The predicted octanol–water partition coefficient (Wildman–Crippen LogP) is 1.51. The average Bonchev–Trinajstić information content (AvgIpc) is 2.76. The number of carboxylic acid groups (broad SMARTS) is 1. The van der Waals surface area contributed by atoms with Crippen molar-refractivity contribution in [1.29, 1.82) is 0 Å². The number of halogens is 1. The highest BCUT2D eigenvalue weighted by atomic mass is 19.1. The lowest BCUT2D eigenvalue weighted by molar-refractivity contribution is -0.142. The smallest absolute Gasteiger partial charge is 0.308 e. The van der Waals surface area contributed by atoms with E-state index in [9.17, 15) is 14.0 Å². The Balaban J connectivity index is 2.10. The predicted molar refractivity (Wildman–Crippen MR) is 64.3 cm³/mol. The molecule has 2 unspecified atom stereocenters. The molecular weight excluding hydrogens is 253 g/mol. The second-order valence-electron chi connectivity index (χ2n) is 4.62. The molecule has 0 saturated heterocycles. The number of nitrogens with one attached hydrogen (secondary N) is 1. The maximum atomic E-state index is 13.5. The number of phenolic OH excluding ortho intramolecular Hbond substituents is 1. The van der Waals surface area contributed by atoms with E-state index in [2.05, 4.69) is 5.32 Å². The van der Waals surface area contributed by atoms with E-state index in [1.807, 2.05) is 0 Å². The molecule has 1 amide bonds. The van der Waals surface area contributed by atoms with Crippen molar-refractivity contribution >= 4 is 11.9 Å². The Bertz CT molecular complexity index is 517. The Kier molecular flexibility index (Phi) is 3.69. The van der Waals surface area contributed by atoms with Gasteiger partial charge < -0.3 is 15.5 Å². The molecule has 1 aromatic carbocycles. The molecule has 2 rings (SSSR count). The van der Waals surface area contributed by atoms with E-state index in [0.717, 1.165) is 12.5 Å². The standard InChI is InChI=1S/C13H14FNO4/c14-10-6-7(16)4-5-8(10)12(17)15-11-3-1-2-9(11)13(18)19/h4-6,9,11,16H,1-3H2,(H,15,17)(H,18,19). The van der Waals surface area contributed by atoms with Crippen molar-refractivity contribution in [3.05, 3.63) is 29.6 Å². The van der Waals surface area contributed by atoms with Crippen LogP contribution in [0.1, 0.15) is 29.6 Å². The first-order valence-electron chi connectivity index (χ1n) is 6.01. The molecule has 1 fully saturated rings. The SMILES string of the molecule is O=C(NC1CCCC1C(=O)O)c1ccc(O)cc1F. The molecule has 0 aromatic heterocycles. The first-order chi connectivity index (χ1) is 8.99. The van der Waals surface area contributed by atoms with E-state index < -0.39 is 29.7 Å². The fraction of sp³-hybridized carbons (Fsp3) is 0.385. The quantitative estimate of drug-likeness (QED) is 0.774. The van der Waals surface area contributed by atoms with Crippen LogP contribution in [0.4, 0.5) is 4.39 Å². The molecule has 3 N–H and O–H groups in total. The minimum absolute atomic E-state index is 0.200. The van der Waals surface area contributed by atoms with Gasteiger partial charge in [-0.15, -0.1) is 0 Å². The van der Waals surface area contributed by atoms with Crippen LogP contribution in [0.3, 0.4) is 0 Å². The molecule has 6 heteroatoms. The van der Waals surface area contributed by atoms with Crippen LogP contribution in [0, 0.1) is 11.7 Å². The van der Waals surface area contributed by atoms with E-state index in [-0.39, 0.29) is 11.3 Å². The summed E-state index contributed by atoms with van der Waals surface area (Å²) in [5.74, 6) is -3.32. The topological polar surface area (TPSA) is 86.6 Å². The fourth-order valence-corrected chi connectivity index (χ4v) is 2.36. The molecule has 102 valence electrons. The Morgan fingerprint density at radius 1 is 1.32 bits per heavy atom. The number of aliphatic carboxylic acids is 1. The number of aromatic hydroxyl groups is 1. The lowest BCUT2D eigenvalue weighted by Gasteiger charge is -2.17. The van der Waals surface area contributed by atoms with E-state index in [1.165, 1.54) is 12.1 Å². The molecule has 0 bridgehead atoms. The van der Waals surface area contributed by atoms with Gasteiger partial charge >= 0.3 is 5.97 Å². The van der Waals surface area contributed by atoms with Crippen LogP contribution in [-0.2, 0) is 4.79 Å². The van der Waals surface area contributed by atoms with Gasteiger partial charge in [0.15, 0.2) is 0 Å². The molecule has 0 aliphatic heterocycles. The molecule has 1 aliphatic rings. The summed E-state index contributed by atoms with van der Waals surface area (Å²) in [6.45, 7) is 0. The molecule has 0 spiro atoms. The van der Waals surface area contributed by atoms with E-state index >= 15 is 0 Å². The van der Waals surface area contributed by atoms with Gasteiger partial charge in [0.1, 0.15) is 11.6 Å². The highest BCUT2D eigenvalue weighted by Gasteiger charge is 2.34. The summed E-state index contributed by atoms with van der Waals surface area (Å²) >= 11 is 0. The Hall–Kier alpha value is -2.11. The van der Waals surface area contributed by atoms with Crippen molar-refractivity contribution in [3.63, 3.8) is 0 Å². The van der Waals surface area contributed by atoms with Crippen molar-refractivity contribution in [2.75, 3.05) is 0 Å². The van der Waals surface area contributed by atoms with E-state index in [0.29, 0.717) is 12.8 Å². The largest absolute Gasteiger partial charge is 0.508 e. The molecule has 0 heterocycles. The van der Waals surface area contributed by atoms with Crippen LogP contribution in [0.15, 0.2) is 18.2 Å². The zero-order chi connectivity index (χ0) is 14.0. The molecule has 1 aliphatic carbocycles. The molecule has 19 heavy (non-hydrogen) atoms. The third-order valence-corrected chi connectivity index (χ3v) is 3.35. The van der Waals surface area contributed by atoms with Crippen LogP contribution >= 0.6 is 0 Å². The van der Waals surface area contributed by atoms with Gasteiger partial charge in [0, 0.05) is 12.1 Å². The van der Waals surface area contributed by atoms with Crippen molar-refractivity contribution in [2.24, 2.45) is 5.92 Å². The second-order valence-corrected chi connectivity index (χ2v) is 4.62. The lowest BCUT2D eigenvalue weighted by atomic mass is 10.0. The number of hydrogen-bond donors (Lipinski definition) is 3. The minimum atomic E-state index is -0.950. The number of amides is 1. The van der Waals surface area contributed by atoms with Crippen molar-refractivity contribution in [3.8, 4) is 5.75 Å². The van der Waals surface area contributed by atoms with E-state index in [4.69, 9.17) is 10.2 Å². The third-order valence-electron chi connectivity index (χ3n) is 3.35. The first-order valence-corrected chi connectivity index (χ1v) is 6.01. The van der Waals surface area contributed by atoms with Crippen LogP contribution in [0.5, 0.6) is 5.75 Å². The lowest BCUT2D eigenvalue weighted by Crippen LogP contribution is -2.40. The summed E-state index contributed by atoms with van der Waals surface area (Å²) in [6, 6.07) is 2.75. The molecule has 1 aromatic rings. The Labute approximate surface area is 109 Å². The average molecular weight is 267 g/mol. The maximum absolute atomic E-state index is 13.5.